The molecule has 1 fully saturated rings. The summed E-state index contributed by atoms with van der Waals surface area (Å²) in [5, 5.41) is -0.393. The third-order valence-corrected chi connectivity index (χ3v) is 8.37. The zero-order valence-electron chi connectivity index (χ0n) is 21.6. The predicted molar refractivity (Wildman–Crippen MR) is 141 cm³/mol. The van der Waals surface area contributed by atoms with Gasteiger partial charge in [0.25, 0.3) is 0 Å². The second-order valence-corrected chi connectivity index (χ2v) is 11.0. The van der Waals surface area contributed by atoms with Crippen molar-refractivity contribution in [2.75, 3.05) is 38.3 Å². The number of amides is 1. The van der Waals surface area contributed by atoms with E-state index in [4.69, 9.17) is 4.74 Å². The van der Waals surface area contributed by atoms with E-state index in [1.807, 2.05) is 0 Å². The highest BCUT2D eigenvalue weighted by atomic mass is 32.2. The Morgan fingerprint density at radius 3 is 2.60 bits per heavy atom. The van der Waals surface area contributed by atoms with Gasteiger partial charge < -0.3 is 14.5 Å². The molecule has 0 spiro atoms. The summed E-state index contributed by atoms with van der Waals surface area (Å²) in [6, 6.07) is 2.91. The van der Waals surface area contributed by atoms with E-state index in [0.29, 0.717) is 6.07 Å². The smallest absolute Gasteiger partial charge is 0.383 e. The van der Waals surface area contributed by atoms with Crippen LogP contribution in [-0.2, 0) is 22.3 Å². The lowest BCUT2D eigenvalue weighted by Gasteiger charge is -2.41. The van der Waals surface area contributed by atoms with Gasteiger partial charge in [-0.15, -0.1) is 11.8 Å². The minimum atomic E-state index is -4.92. The summed E-state index contributed by atoms with van der Waals surface area (Å²) in [7, 11) is 1.43. The molecule has 3 heterocycles. The Balaban J connectivity index is 1.82. The number of nitrogens with zero attached hydrogens (tertiary/aromatic N) is 4. The maximum Gasteiger partial charge on any atom is 0.417 e. The minimum Gasteiger partial charge on any atom is -0.383 e. The SMILES string of the molecule is C=CC(=O)N1CCN(c2nc(=O)n3c4c(c(-c5ccc(F)cc5F)c(C(F)(F)F)cc24)SC(COC)C3)C(C)C1. The third kappa shape index (κ3) is 4.85. The summed E-state index contributed by atoms with van der Waals surface area (Å²) in [5.41, 5.74) is -2.52. The number of piperazine rings is 1. The van der Waals surface area contributed by atoms with Crippen molar-refractivity contribution in [2.45, 2.75) is 35.8 Å². The fourth-order valence-corrected chi connectivity index (χ4v) is 6.79. The molecule has 7 nitrogen and oxygen atoms in total. The normalized spacial score (nSPS) is 19.3. The number of methoxy groups -OCH3 is 1. The zero-order chi connectivity index (χ0) is 28.9. The van der Waals surface area contributed by atoms with Gasteiger partial charge in [-0.25, -0.2) is 13.6 Å². The molecule has 0 aliphatic carbocycles. The number of hydrogen-bond acceptors (Lipinski definition) is 6. The number of aromatic nitrogens is 2. The van der Waals surface area contributed by atoms with Crippen molar-refractivity contribution in [1.29, 1.82) is 0 Å². The molecule has 0 saturated carbocycles. The Hall–Kier alpha value is -3.45. The van der Waals surface area contributed by atoms with Gasteiger partial charge in [-0.3, -0.25) is 9.36 Å². The van der Waals surface area contributed by atoms with Gasteiger partial charge in [0.2, 0.25) is 5.91 Å². The third-order valence-electron chi connectivity index (χ3n) is 7.11. The lowest BCUT2D eigenvalue weighted by molar-refractivity contribution is -0.137. The van der Waals surface area contributed by atoms with Crippen molar-refractivity contribution in [3.05, 3.63) is 64.6 Å². The molecule has 1 saturated heterocycles. The lowest BCUT2D eigenvalue weighted by Crippen LogP contribution is -2.54. The number of halogens is 5. The molecule has 2 aliphatic rings. The van der Waals surface area contributed by atoms with E-state index in [2.05, 4.69) is 11.6 Å². The molecule has 0 N–H and O–H groups in total. The topological polar surface area (TPSA) is 67.7 Å². The molecule has 3 aromatic rings. The van der Waals surface area contributed by atoms with Gasteiger partial charge in [0.1, 0.15) is 17.5 Å². The van der Waals surface area contributed by atoms with Crippen LogP contribution >= 0.6 is 11.8 Å². The Bertz CT molecular complexity index is 1570. The van der Waals surface area contributed by atoms with Crippen molar-refractivity contribution in [3.8, 4) is 11.1 Å². The van der Waals surface area contributed by atoms with Crippen LogP contribution in [0.2, 0.25) is 0 Å². The van der Waals surface area contributed by atoms with E-state index in [-0.39, 0.29) is 66.4 Å². The maximum atomic E-state index is 15.0. The largest absolute Gasteiger partial charge is 0.417 e. The molecule has 2 atom stereocenters. The van der Waals surface area contributed by atoms with Crippen LogP contribution in [0.1, 0.15) is 12.5 Å². The van der Waals surface area contributed by atoms with Gasteiger partial charge in [-0.05, 0) is 31.2 Å². The fraction of sp³-hybridized carbons (Fsp3) is 0.370. The molecule has 40 heavy (non-hydrogen) atoms. The minimum absolute atomic E-state index is 0.0394. The standard InChI is InChI=1S/C27H25F5N4O3S/c1-4-21(37)34-7-8-35(14(2)11-34)25-18-10-19(27(30,31)32)22(17-6-5-15(28)9-20(17)29)24-23(18)36(26(38)33-25)12-16(40-24)13-39-3/h4-6,9-10,14,16H,1,7-8,11-13H2,2-3H3. The average molecular weight is 581 g/mol. The Morgan fingerprint density at radius 2 is 1.98 bits per heavy atom. The van der Waals surface area contributed by atoms with Crippen LogP contribution in [0, 0.1) is 11.6 Å². The first kappa shape index (κ1) is 28.1. The van der Waals surface area contributed by atoms with Crippen LogP contribution in [0.4, 0.5) is 27.8 Å². The monoisotopic (exact) mass is 580 g/mol. The molecule has 212 valence electrons. The number of carbonyl (C=O) groups excluding carboxylic acids is 1. The summed E-state index contributed by atoms with van der Waals surface area (Å²) in [4.78, 5) is 33.1. The maximum absolute atomic E-state index is 15.0. The first-order valence-corrected chi connectivity index (χ1v) is 13.3. The van der Waals surface area contributed by atoms with Crippen LogP contribution in [0.5, 0.6) is 0 Å². The highest BCUT2D eigenvalue weighted by molar-refractivity contribution is 8.00. The van der Waals surface area contributed by atoms with Crippen LogP contribution in [-0.4, -0.2) is 65.0 Å². The molecule has 2 aromatic carbocycles. The summed E-state index contributed by atoms with van der Waals surface area (Å²) in [6.07, 6.45) is -3.73. The molecular formula is C27H25F5N4O3S. The molecule has 2 unspecified atom stereocenters. The second kappa shape index (κ2) is 10.5. The molecule has 1 amide bonds. The number of rotatable bonds is 5. The number of anilines is 1. The van der Waals surface area contributed by atoms with Crippen molar-refractivity contribution in [3.63, 3.8) is 0 Å². The number of ether oxygens (including phenoxy) is 1. The zero-order valence-corrected chi connectivity index (χ0v) is 22.4. The number of benzene rings is 2. The van der Waals surface area contributed by atoms with E-state index in [0.717, 1.165) is 30.0 Å². The molecule has 0 radical (unpaired) electrons. The van der Waals surface area contributed by atoms with Crippen LogP contribution in [0.25, 0.3) is 22.0 Å². The van der Waals surface area contributed by atoms with E-state index < -0.39 is 45.4 Å². The van der Waals surface area contributed by atoms with Crippen molar-refractivity contribution >= 4 is 34.4 Å². The molecule has 2 aliphatic heterocycles. The highest BCUT2D eigenvalue weighted by Gasteiger charge is 2.40. The predicted octanol–water partition coefficient (Wildman–Crippen LogP) is 4.70. The van der Waals surface area contributed by atoms with Crippen LogP contribution < -0.4 is 10.6 Å². The lowest BCUT2D eigenvalue weighted by atomic mass is 9.95. The van der Waals surface area contributed by atoms with Crippen molar-refractivity contribution < 1.29 is 31.5 Å². The van der Waals surface area contributed by atoms with Crippen LogP contribution in [0.15, 0.2) is 46.6 Å². The van der Waals surface area contributed by atoms with E-state index >= 15 is 4.39 Å². The molecule has 0 bridgehead atoms. The molecule has 13 heteroatoms. The first-order chi connectivity index (χ1) is 18.9. The van der Waals surface area contributed by atoms with Crippen molar-refractivity contribution in [1.82, 2.24) is 14.5 Å². The molecule has 5 rings (SSSR count). The number of carbonyl (C=O) groups is 1. The Morgan fingerprint density at radius 1 is 1.23 bits per heavy atom. The summed E-state index contributed by atoms with van der Waals surface area (Å²) >= 11 is 1.06. The van der Waals surface area contributed by atoms with Gasteiger partial charge in [-0.1, -0.05) is 6.58 Å². The van der Waals surface area contributed by atoms with Crippen LogP contribution in [0.3, 0.4) is 0 Å². The first-order valence-electron chi connectivity index (χ1n) is 12.4. The highest BCUT2D eigenvalue weighted by Crippen LogP contribution is 2.50. The van der Waals surface area contributed by atoms with Gasteiger partial charge in [0.05, 0.1) is 22.9 Å². The number of hydrogen-bond donors (Lipinski definition) is 0. The van der Waals surface area contributed by atoms with Gasteiger partial charge in [0.15, 0.2) is 0 Å². The number of alkyl halides is 3. The quantitative estimate of drug-likeness (QED) is 0.322. The average Bonchev–Trinajstić information content (AvgIpc) is 2.89. The number of thioether (sulfide) groups is 1. The van der Waals surface area contributed by atoms with Crippen molar-refractivity contribution in [2.24, 2.45) is 0 Å². The Labute approximate surface area is 230 Å². The van der Waals surface area contributed by atoms with Gasteiger partial charge >= 0.3 is 11.9 Å². The van der Waals surface area contributed by atoms with E-state index in [9.17, 15) is 27.2 Å². The second-order valence-electron chi connectivity index (χ2n) is 9.70. The summed E-state index contributed by atoms with van der Waals surface area (Å²) in [5.74, 6) is -2.31. The van der Waals surface area contributed by atoms with E-state index in [1.165, 1.54) is 17.8 Å². The Kier molecular flexibility index (Phi) is 7.38. The summed E-state index contributed by atoms with van der Waals surface area (Å²) < 4.78 is 79.3. The van der Waals surface area contributed by atoms with Gasteiger partial charge in [0, 0.05) is 66.8 Å². The molecule has 1 aromatic heterocycles. The summed E-state index contributed by atoms with van der Waals surface area (Å²) in [6.45, 7) is 6.22. The molecular weight excluding hydrogens is 555 g/mol. The van der Waals surface area contributed by atoms with E-state index in [1.54, 1.807) is 16.7 Å². The fourth-order valence-electron chi connectivity index (χ4n) is 5.36. The van der Waals surface area contributed by atoms with Gasteiger partial charge in [-0.2, -0.15) is 18.2 Å².